The average molecular weight is 318 g/mol. The van der Waals surface area contributed by atoms with Gasteiger partial charge in [-0.05, 0) is 12.1 Å². The van der Waals surface area contributed by atoms with E-state index in [2.05, 4.69) is 20.7 Å². The summed E-state index contributed by atoms with van der Waals surface area (Å²) >= 11 is 17.5. The van der Waals surface area contributed by atoms with Crippen molar-refractivity contribution in [2.45, 2.75) is 0 Å². The molecule has 0 aliphatic carbocycles. The first-order valence-electron chi connectivity index (χ1n) is 5.05. The number of H-pyrrole nitrogens is 1. The number of rotatable bonds is 3. The molecule has 2 rings (SSSR count). The highest BCUT2D eigenvalue weighted by atomic mass is 35.5. The Balaban J connectivity index is 2.16. The molecule has 0 saturated heterocycles. The normalized spacial score (nSPS) is 10.9. The van der Waals surface area contributed by atoms with Crippen LogP contribution in [-0.4, -0.2) is 16.4 Å². The SMILES string of the molecule is O=c1[nH]ncc(N/N=C\c2ccc(Cl)cc2Cl)c1Cl. The van der Waals surface area contributed by atoms with Gasteiger partial charge in [0.2, 0.25) is 0 Å². The van der Waals surface area contributed by atoms with Crippen molar-refractivity contribution in [1.82, 2.24) is 10.2 Å². The van der Waals surface area contributed by atoms with Gasteiger partial charge in [-0.1, -0.05) is 40.9 Å². The molecule has 0 amide bonds. The van der Waals surface area contributed by atoms with Gasteiger partial charge in [0.25, 0.3) is 5.56 Å². The van der Waals surface area contributed by atoms with Gasteiger partial charge in [-0.3, -0.25) is 10.2 Å². The van der Waals surface area contributed by atoms with Crippen LogP contribution in [0.25, 0.3) is 0 Å². The summed E-state index contributed by atoms with van der Waals surface area (Å²) in [7, 11) is 0. The predicted octanol–water partition coefficient (Wildman–Crippen LogP) is 3.18. The molecule has 19 heavy (non-hydrogen) atoms. The Morgan fingerprint density at radius 2 is 2.11 bits per heavy atom. The van der Waals surface area contributed by atoms with Crippen LogP contribution in [0.5, 0.6) is 0 Å². The molecule has 1 aromatic heterocycles. The fourth-order valence-electron chi connectivity index (χ4n) is 1.24. The smallest absolute Gasteiger partial charge is 0.275 e. The number of aromatic nitrogens is 2. The summed E-state index contributed by atoms with van der Waals surface area (Å²) in [4.78, 5) is 11.2. The monoisotopic (exact) mass is 316 g/mol. The Labute approximate surface area is 123 Å². The van der Waals surface area contributed by atoms with Crippen LogP contribution >= 0.6 is 34.8 Å². The van der Waals surface area contributed by atoms with Crippen molar-refractivity contribution in [1.29, 1.82) is 0 Å². The lowest BCUT2D eigenvalue weighted by Gasteiger charge is -2.01. The summed E-state index contributed by atoms with van der Waals surface area (Å²) in [6, 6.07) is 5.01. The standard InChI is InChI=1S/C11H7Cl3N4O/c12-7-2-1-6(8(13)3-7)4-15-17-9-5-16-18-11(19)10(9)14/h1-5H,(H2,17,18,19)/b15-4-. The third-order valence-corrected chi connectivity index (χ3v) is 3.08. The Bertz CT molecular complexity index is 684. The van der Waals surface area contributed by atoms with Crippen LogP contribution in [-0.2, 0) is 0 Å². The van der Waals surface area contributed by atoms with Crippen molar-refractivity contribution in [3.8, 4) is 0 Å². The van der Waals surface area contributed by atoms with Gasteiger partial charge in [-0.2, -0.15) is 10.2 Å². The first kappa shape index (κ1) is 13.9. The lowest BCUT2D eigenvalue weighted by Crippen LogP contribution is -2.10. The van der Waals surface area contributed by atoms with Gasteiger partial charge in [-0.15, -0.1) is 0 Å². The Morgan fingerprint density at radius 1 is 1.32 bits per heavy atom. The number of hydrazone groups is 1. The minimum Gasteiger partial charge on any atom is -0.275 e. The summed E-state index contributed by atoms with van der Waals surface area (Å²) in [5, 5.41) is 10.7. The second-order valence-corrected chi connectivity index (χ2v) is 4.68. The lowest BCUT2D eigenvalue weighted by atomic mass is 10.2. The highest BCUT2D eigenvalue weighted by Gasteiger charge is 2.03. The van der Waals surface area contributed by atoms with E-state index in [1.54, 1.807) is 18.2 Å². The molecule has 1 heterocycles. The van der Waals surface area contributed by atoms with Crippen LogP contribution in [0.3, 0.4) is 0 Å². The third kappa shape index (κ3) is 3.47. The summed E-state index contributed by atoms with van der Waals surface area (Å²) in [5.41, 5.74) is 3.08. The largest absolute Gasteiger partial charge is 0.285 e. The van der Waals surface area contributed by atoms with Crippen LogP contribution in [0.15, 0.2) is 34.3 Å². The molecule has 0 radical (unpaired) electrons. The minimum absolute atomic E-state index is 0.0191. The molecule has 0 spiro atoms. The fraction of sp³-hybridized carbons (Fsp3) is 0. The molecule has 2 N–H and O–H groups in total. The van der Waals surface area contributed by atoms with Crippen LogP contribution in [0.1, 0.15) is 5.56 Å². The average Bonchev–Trinajstić information content (AvgIpc) is 2.37. The quantitative estimate of drug-likeness (QED) is 0.675. The number of hydrogen-bond acceptors (Lipinski definition) is 4. The zero-order valence-corrected chi connectivity index (χ0v) is 11.6. The van der Waals surface area contributed by atoms with Gasteiger partial charge in [0, 0.05) is 10.6 Å². The summed E-state index contributed by atoms with van der Waals surface area (Å²) in [5.74, 6) is 0. The molecule has 8 heteroatoms. The van der Waals surface area contributed by atoms with E-state index in [-0.39, 0.29) is 5.02 Å². The van der Waals surface area contributed by atoms with E-state index in [1.807, 2.05) is 0 Å². The Kier molecular flexibility index (Phi) is 4.42. The summed E-state index contributed by atoms with van der Waals surface area (Å²) in [6.45, 7) is 0. The number of anilines is 1. The molecule has 1 aromatic carbocycles. The number of nitrogens with zero attached hydrogens (tertiary/aromatic N) is 2. The number of aromatic amines is 1. The summed E-state index contributed by atoms with van der Waals surface area (Å²) < 4.78 is 0. The molecule has 0 fully saturated rings. The molecule has 0 aliphatic rings. The highest BCUT2D eigenvalue weighted by Crippen LogP contribution is 2.19. The van der Waals surface area contributed by atoms with Gasteiger partial charge < -0.3 is 0 Å². The van der Waals surface area contributed by atoms with Crippen LogP contribution in [0, 0.1) is 0 Å². The molecule has 0 aliphatic heterocycles. The number of hydrogen-bond donors (Lipinski definition) is 2. The van der Waals surface area contributed by atoms with E-state index in [9.17, 15) is 4.79 Å². The number of benzene rings is 1. The Hall–Kier alpha value is -1.56. The van der Waals surface area contributed by atoms with E-state index in [0.29, 0.717) is 21.3 Å². The number of halogens is 3. The molecule has 0 bridgehead atoms. The predicted molar refractivity (Wildman–Crippen MR) is 77.5 cm³/mol. The first-order valence-corrected chi connectivity index (χ1v) is 6.18. The molecule has 0 saturated carbocycles. The summed E-state index contributed by atoms with van der Waals surface area (Å²) in [6.07, 6.45) is 2.83. The highest BCUT2D eigenvalue weighted by molar-refractivity contribution is 6.36. The van der Waals surface area contributed by atoms with E-state index in [1.165, 1.54) is 12.4 Å². The van der Waals surface area contributed by atoms with Gasteiger partial charge in [0.05, 0.1) is 17.4 Å². The van der Waals surface area contributed by atoms with Crippen LogP contribution in [0.2, 0.25) is 15.1 Å². The van der Waals surface area contributed by atoms with Gasteiger partial charge in [0.15, 0.2) is 0 Å². The van der Waals surface area contributed by atoms with Crippen molar-refractivity contribution in [2.75, 3.05) is 5.43 Å². The fourth-order valence-corrected chi connectivity index (χ4v) is 1.83. The molecule has 0 unspecified atom stereocenters. The lowest BCUT2D eigenvalue weighted by molar-refractivity contribution is 0.987. The van der Waals surface area contributed by atoms with Crippen LogP contribution in [0.4, 0.5) is 5.69 Å². The molecule has 5 nitrogen and oxygen atoms in total. The third-order valence-electron chi connectivity index (χ3n) is 2.15. The van der Waals surface area contributed by atoms with Crippen molar-refractivity contribution >= 4 is 46.7 Å². The molecule has 0 atom stereocenters. The molecular formula is C11H7Cl3N4O. The number of nitrogens with one attached hydrogen (secondary N) is 2. The zero-order valence-electron chi connectivity index (χ0n) is 9.32. The van der Waals surface area contributed by atoms with Crippen molar-refractivity contribution < 1.29 is 0 Å². The van der Waals surface area contributed by atoms with Gasteiger partial charge >= 0.3 is 0 Å². The van der Waals surface area contributed by atoms with E-state index >= 15 is 0 Å². The van der Waals surface area contributed by atoms with Gasteiger partial charge in [0.1, 0.15) is 10.7 Å². The maximum atomic E-state index is 11.2. The maximum absolute atomic E-state index is 11.2. The zero-order chi connectivity index (χ0) is 13.8. The first-order chi connectivity index (χ1) is 9.08. The Morgan fingerprint density at radius 3 is 2.84 bits per heavy atom. The topological polar surface area (TPSA) is 70.1 Å². The minimum atomic E-state index is -0.494. The van der Waals surface area contributed by atoms with E-state index < -0.39 is 5.56 Å². The van der Waals surface area contributed by atoms with Gasteiger partial charge in [-0.25, -0.2) is 5.10 Å². The second-order valence-electron chi connectivity index (χ2n) is 3.46. The van der Waals surface area contributed by atoms with Crippen molar-refractivity contribution in [3.05, 3.63) is 55.4 Å². The molecular weight excluding hydrogens is 311 g/mol. The van der Waals surface area contributed by atoms with Crippen molar-refractivity contribution in [3.63, 3.8) is 0 Å². The van der Waals surface area contributed by atoms with Crippen LogP contribution < -0.4 is 11.0 Å². The van der Waals surface area contributed by atoms with Crippen molar-refractivity contribution in [2.24, 2.45) is 5.10 Å². The molecule has 98 valence electrons. The second kappa shape index (κ2) is 6.06. The van der Waals surface area contributed by atoms with E-state index in [0.717, 1.165) is 0 Å². The van der Waals surface area contributed by atoms with E-state index in [4.69, 9.17) is 34.8 Å². The maximum Gasteiger partial charge on any atom is 0.285 e. The molecule has 2 aromatic rings.